The van der Waals surface area contributed by atoms with Gasteiger partial charge in [0.15, 0.2) is 16.5 Å². The Morgan fingerprint density at radius 1 is 1.64 bits per heavy atom. The first-order valence-corrected chi connectivity index (χ1v) is 5.04. The number of imidazole rings is 1. The van der Waals surface area contributed by atoms with E-state index in [4.69, 9.17) is 16.9 Å². The van der Waals surface area contributed by atoms with Gasteiger partial charge in [0.25, 0.3) is 0 Å². The zero-order valence-electron chi connectivity index (χ0n) is 7.25. The number of rotatable bonds is 0. The van der Waals surface area contributed by atoms with E-state index < -0.39 is 0 Å². The molecule has 0 amide bonds. The van der Waals surface area contributed by atoms with Gasteiger partial charge in [-0.1, -0.05) is 11.6 Å². The number of aryl methyl sites for hydroxylation is 1. The van der Waals surface area contributed by atoms with Gasteiger partial charge in [0.2, 0.25) is 0 Å². The van der Waals surface area contributed by atoms with E-state index in [1.807, 2.05) is 25.3 Å². The Balaban J connectivity index is 2.97. The van der Waals surface area contributed by atoms with Crippen molar-refractivity contribution in [2.45, 2.75) is 6.92 Å². The van der Waals surface area contributed by atoms with Crippen LogP contribution < -0.4 is 0 Å². The lowest BCUT2D eigenvalue weighted by molar-refractivity contribution is 1.12. The molecule has 0 fully saturated rings. The molecule has 0 aliphatic carbocycles. The van der Waals surface area contributed by atoms with Gasteiger partial charge in [0.1, 0.15) is 6.07 Å². The minimum Gasteiger partial charge on any atom is -0.289 e. The Morgan fingerprint density at radius 2 is 2.36 bits per heavy atom. The zero-order chi connectivity index (χ0) is 10.3. The lowest BCUT2D eigenvalue weighted by Gasteiger charge is -1.99. The largest absolute Gasteiger partial charge is 0.289 e. The molecule has 0 aromatic carbocycles. The summed E-state index contributed by atoms with van der Waals surface area (Å²) in [5, 5.41) is 9.11. The molecule has 2 heterocycles. The van der Waals surface area contributed by atoms with Crippen LogP contribution in [0.4, 0.5) is 0 Å². The second-order valence-corrected chi connectivity index (χ2v) is 4.13. The molecule has 0 N–H and O–H groups in total. The van der Waals surface area contributed by atoms with Crippen LogP contribution in [0.1, 0.15) is 11.3 Å². The highest BCUT2D eigenvalue weighted by molar-refractivity contribution is 9.10. The fourth-order valence-corrected chi connectivity index (χ4v) is 2.16. The topological polar surface area (TPSA) is 41.1 Å². The molecule has 5 heteroatoms. The minimum absolute atomic E-state index is 0.235. The molecule has 14 heavy (non-hydrogen) atoms. The van der Waals surface area contributed by atoms with Gasteiger partial charge in [-0.3, -0.25) is 4.40 Å². The molecule has 0 atom stereocenters. The van der Waals surface area contributed by atoms with Gasteiger partial charge in [-0.15, -0.1) is 0 Å². The maximum absolute atomic E-state index is 8.88. The van der Waals surface area contributed by atoms with Crippen LogP contribution in [0, 0.1) is 18.3 Å². The summed E-state index contributed by atoms with van der Waals surface area (Å²) < 4.78 is 2.52. The van der Waals surface area contributed by atoms with Crippen LogP contribution >= 0.6 is 27.5 Å². The van der Waals surface area contributed by atoms with E-state index in [2.05, 4.69) is 20.9 Å². The molecule has 2 rings (SSSR count). The van der Waals surface area contributed by atoms with E-state index in [0.717, 1.165) is 10.0 Å². The Morgan fingerprint density at radius 3 is 3.00 bits per heavy atom. The second-order valence-electron chi connectivity index (χ2n) is 2.92. The summed E-state index contributed by atoms with van der Waals surface area (Å²) in [6.45, 7) is 1.94. The molecule has 0 bridgehead atoms. The lowest BCUT2D eigenvalue weighted by atomic mass is 10.3. The molecule has 70 valence electrons. The fraction of sp³-hybridized carbons (Fsp3) is 0.111. The van der Waals surface area contributed by atoms with Gasteiger partial charge in [0, 0.05) is 6.20 Å². The smallest absolute Gasteiger partial charge is 0.166 e. The molecule has 0 aliphatic heterocycles. The van der Waals surface area contributed by atoms with Crippen molar-refractivity contribution in [3.8, 4) is 6.07 Å². The molecule has 0 saturated carbocycles. The molecule has 2 aromatic heterocycles. The third-order valence-corrected chi connectivity index (χ3v) is 2.72. The van der Waals surface area contributed by atoms with Gasteiger partial charge in [-0.05, 0) is 34.5 Å². The first-order valence-electron chi connectivity index (χ1n) is 3.87. The third-order valence-electron chi connectivity index (χ3n) is 1.88. The first-order chi connectivity index (χ1) is 6.63. The summed E-state index contributed by atoms with van der Waals surface area (Å²) in [5.74, 6) is 0. The van der Waals surface area contributed by atoms with Crippen LogP contribution in [-0.4, -0.2) is 9.38 Å². The number of pyridine rings is 1. The molecule has 0 spiro atoms. The second kappa shape index (κ2) is 3.26. The highest BCUT2D eigenvalue weighted by Gasteiger charge is 2.11. The molecule has 0 aliphatic rings. The summed E-state index contributed by atoms with van der Waals surface area (Å²) in [6.07, 6.45) is 1.83. The van der Waals surface area contributed by atoms with E-state index in [1.165, 1.54) is 0 Å². The average molecular weight is 271 g/mol. The quantitative estimate of drug-likeness (QED) is 0.738. The first kappa shape index (κ1) is 9.50. The summed E-state index contributed by atoms with van der Waals surface area (Å²) in [5.41, 5.74) is 2.07. The normalized spacial score (nSPS) is 10.4. The van der Waals surface area contributed by atoms with Crippen LogP contribution in [0.15, 0.2) is 16.7 Å². The standard InChI is InChI=1S/C9H5BrClN3/c1-5-2-6(10)9-13-8(11)7(3-12)14(9)4-5/h2,4H,1H3. The molecule has 0 saturated heterocycles. The van der Waals surface area contributed by atoms with Crippen LogP contribution in [0.3, 0.4) is 0 Å². The van der Waals surface area contributed by atoms with Crippen molar-refractivity contribution in [3.05, 3.63) is 33.1 Å². The SMILES string of the molecule is Cc1cc(Br)c2nc(Cl)c(C#N)n2c1. The molecule has 3 nitrogen and oxygen atoms in total. The molecular formula is C9H5BrClN3. The minimum atomic E-state index is 0.235. The van der Waals surface area contributed by atoms with Crippen molar-refractivity contribution in [1.82, 2.24) is 9.38 Å². The van der Waals surface area contributed by atoms with E-state index in [9.17, 15) is 0 Å². The van der Waals surface area contributed by atoms with E-state index in [0.29, 0.717) is 11.3 Å². The molecular weight excluding hydrogens is 265 g/mol. The number of hydrogen-bond acceptors (Lipinski definition) is 2. The van der Waals surface area contributed by atoms with Gasteiger partial charge in [-0.2, -0.15) is 5.26 Å². The fourth-order valence-electron chi connectivity index (χ4n) is 1.30. The summed E-state index contributed by atoms with van der Waals surface area (Å²) in [7, 11) is 0. The van der Waals surface area contributed by atoms with Crippen molar-refractivity contribution in [2.75, 3.05) is 0 Å². The van der Waals surface area contributed by atoms with Crippen LogP contribution in [0.2, 0.25) is 5.15 Å². The Bertz CT molecular complexity index is 553. The van der Waals surface area contributed by atoms with Gasteiger partial charge >= 0.3 is 0 Å². The van der Waals surface area contributed by atoms with E-state index in [-0.39, 0.29) is 5.15 Å². The number of nitriles is 1. The number of hydrogen-bond donors (Lipinski definition) is 0. The highest BCUT2D eigenvalue weighted by Crippen LogP contribution is 2.24. The van der Waals surface area contributed by atoms with Crippen molar-refractivity contribution >= 4 is 33.2 Å². The average Bonchev–Trinajstić information content (AvgIpc) is 2.41. The molecule has 0 unspecified atom stereocenters. The molecule has 0 radical (unpaired) electrons. The van der Waals surface area contributed by atoms with Crippen molar-refractivity contribution in [1.29, 1.82) is 5.26 Å². The Kier molecular flexibility index (Phi) is 2.22. The van der Waals surface area contributed by atoms with Crippen LogP contribution in [0.25, 0.3) is 5.65 Å². The van der Waals surface area contributed by atoms with E-state index in [1.54, 1.807) is 4.40 Å². The molecule has 2 aromatic rings. The number of halogens is 2. The predicted octanol–water partition coefficient (Wildman–Crippen LogP) is 2.93. The Hall–Kier alpha value is -1.05. The number of nitrogens with zero attached hydrogens (tertiary/aromatic N) is 3. The number of aromatic nitrogens is 2. The third kappa shape index (κ3) is 1.29. The van der Waals surface area contributed by atoms with E-state index >= 15 is 0 Å². The van der Waals surface area contributed by atoms with Gasteiger partial charge < -0.3 is 0 Å². The summed E-state index contributed by atoms with van der Waals surface area (Å²) >= 11 is 9.19. The Labute approximate surface area is 94.1 Å². The van der Waals surface area contributed by atoms with Crippen molar-refractivity contribution in [3.63, 3.8) is 0 Å². The van der Waals surface area contributed by atoms with Crippen LogP contribution in [0.5, 0.6) is 0 Å². The monoisotopic (exact) mass is 269 g/mol. The summed E-state index contributed by atoms with van der Waals surface area (Å²) in [4.78, 5) is 4.08. The maximum Gasteiger partial charge on any atom is 0.166 e. The van der Waals surface area contributed by atoms with Crippen molar-refractivity contribution < 1.29 is 0 Å². The zero-order valence-corrected chi connectivity index (χ0v) is 9.59. The predicted molar refractivity (Wildman–Crippen MR) is 57.4 cm³/mol. The lowest BCUT2D eigenvalue weighted by Crippen LogP contribution is -1.90. The van der Waals surface area contributed by atoms with Gasteiger partial charge in [-0.25, -0.2) is 4.98 Å². The van der Waals surface area contributed by atoms with Crippen molar-refractivity contribution in [2.24, 2.45) is 0 Å². The summed E-state index contributed by atoms with van der Waals surface area (Å²) in [6, 6.07) is 3.95. The van der Waals surface area contributed by atoms with Crippen LogP contribution in [-0.2, 0) is 0 Å². The van der Waals surface area contributed by atoms with Gasteiger partial charge in [0.05, 0.1) is 4.47 Å². The highest BCUT2D eigenvalue weighted by atomic mass is 79.9. The number of fused-ring (bicyclic) bond motifs is 1. The maximum atomic E-state index is 8.88.